The molecule has 1 saturated heterocycles. The Morgan fingerprint density at radius 2 is 1.94 bits per heavy atom. The van der Waals surface area contributed by atoms with Crippen LogP contribution >= 0.6 is 0 Å². The Kier molecular flexibility index (Phi) is 6.65. The molecule has 2 atom stereocenters. The molecule has 4 heterocycles. The van der Waals surface area contributed by atoms with E-state index in [0.717, 1.165) is 36.3 Å². The van der Waals surface area contributed by atoms with Crippen molar-refractivity contribution < 1.29 is 4.79 Å². The van der Waals surface area contributed by atoms with Gasteiger partial charge < -0.3 is 15.1 Å². The molecular weight excluding hydrogens is 428 g/mol. The van der Waals surface area contributed by atoms with Gasteiger partial charge in [-0.2, -0.15) is 0 Å². The van der Waals surface area contributed by atoms with Gasteiger partial charge in [0, 0.05) is 30.2 Å². The molecule has 2 aromatic rings. The maximum absolute atomic E-state index is 13.6. The standard InChI is InChI=1S/C25H34N8O/c1-15(2)32(14-26)24(27)20-7-6-8-22(29-20)31-13-19-18(25(31)34)11-23(30-21(19)12-28-5)33-16(3)9-10-17(33)4/h6-8,11,14-17,26-28H,9-10,12-13H2,1-5H3/t16-,17-/m1/s1. The number of fused-ring (bicyclic) bond motifs is 1. The molecular formula is C25H34N8O. The smallest absolute Gasteiger partial charge is 0.260 e. The van der Waals surface area contributed by atoms with Crippen LogP contribution in [0.15, 0.2) is 24.3 Å². The van der Waals surface area contributed by atoms with Crippen LogP contribution in [-0.2, 0) is 13.1 Å². The molecule has 9 heteroatoms. The zero-order valence-corrected chi connectivity index (χ0v) is 20.6. The van der Waals surface area contributed by atoms with E-state index in [4.69, 9.17) is 15.8 Å². The number of rotatable bonds is 7. The lowest BCUT2D eigenvalue weighted by molar-refractivity contribution is 0.0996. The van der Waals surface area contributed by atoms with Gasteiger partial charge in [0.2, 0.25) is 0 Å². The normalized spacial score (nSPS) is 19.6. The molecule has 34 heavy (non-hydrogen) atoms. The highest BCUT2D eigenvalue weighted by Gasteiger charge is 2.35. The topological polar surface area (TPSA) is 112 Å². The molecule has 0 saturated carbocycles. The first-order chi connectivity index (χ1) is 16.3. The summed E-state index contributed by atoms with van der Waals surface area (Å²) in [6, 6.07) is 8.00. The predicted octanol–water partition coefficient (Wildman–Crippen LogP) is 3.38. The molecule has 1 amide bonds. The van der Waals surface area contributed by atoms with Crippen LogP contribution in [0.1, 0.15) is 67.8 Å². The number of nitrogens with one attached hydrogen (secondary N) is 3. The van der Waals surface area contributed by atoms with E-state index < -0.39 is 0 Å². The first kappa shape index (κ1) is 23.8. The molecule has 9 nitrogen and oxygen atoms in total. The summed E-state index contributed by atoms with van der Waals surface area (Å²) >= 11 is 0. The summed E-state index contributed by atoms with van der Waals surface area (Å²) in [5.74, 6) is 1.39. The maximum atomic E-state index is 13.6. The number of anilines is 2. The first-order valence-electron chi connectivity index (χ1n) is 11.9. The average molecular weight is 463 g/mol. The summed E-state index contributed by atoms with van der Waals surface area (Å²) in [6.07, 6.45) is 3.37. The maximum Gasteiger partial charge on any atom is 0.260 e. The minimum Gasteiger partial charge on any atom is -0.351 e. The van der Waals surface area contributed by atoms with Gasteiger partial charge in [0.1, 0.15) is 17.3 Å². The quantitative estimate of drug-likeness (QED) is 0.430. The lowest BCUT2D eigenvalue weighted by atomic mass is 10.1. The molecule has 180 valence electrons. The van der Waals surface area contributed by atoms with Gasteiger partial charge in [0.15, 0.2) is 5.84 Å². The summed E-state index contributed by atoms with van der Waals surface area (Å²) in [5.41, 5.74) is 2.91. The number of carbonyl (C=O) groups is 1. The summed E-state index contributed by atoms with van der Waals surface area (Å²) in [7, 11) is 1.89. The Morgan fingerprint density at radius 1 is 1.24 bits per heavy atom. The van der Waals surface area contributed by atoms with Crippen LogP contribution in [0.4, 0.5) is 11.6 Å². The predicted molar refractivity (Wildman–Crippen MR) is 135 cm³/mol. The molecule has 0 aromatic carbocycles. The second-order valence-electron chi connectivity index (χ2n) is 9.42. The number of nitrogens with zero attached hydrogens (tertiary/aromatic N) is 5. The van der Waals surface area contributed by atoms with Gasteiger partial charge in [-0.15, -0.1) is 0 Å². The molecule has 2 aromatic heterocycles. The molecule has 4 rings (SSSR count). The lowest BCUT2D eigenvalue weighted by Gasteiger charge is -2.28. The van der Waals surface area contributed by atoms with Crippen molar-refractivity contribution in [1.29, 1.82) is 10.8 Å². The van der Waals surface area contributed by atoms with Crippen molar-refractivity contribution in [2.24, 2.45) is 0 Å². The van der Waals surface area contributed by atoms with E-state index in [1.165, 1.54) is 4.90 Å². The minimum absolute atomic E-state index is 0.0444. The zero-order chi connectivity index (χ0) is 24.6. The third kappa shape index (κ3) is 4.16. The Balaban J connectivity index is 1.70. The van der Waals surface area contributed by atoms with E-state index in [-0.39, 0.29) is 17.8 Å². The molecule has 0 bridgehead atoms. The fraction of sp³-hybridized carbons (Fsp3) is 0.480. The molecule has 3 N–H and O–H groups in total. The average Bonchev–Trinajstić information content (AvgIpc) is 3.33. The summed E-state index contributed by atoms with van der Waals surface area (Å²) in [4.78, 5) is 28.7. The van der Waals surface area contributed by atoms with Crippen LogP contribution in [0.5, 0.6) is 0 Å². The van der Waals surface area contributed by atoms with Gasteiger partial charge in [-0.1, -0.05) is 6.07 Å². The highest BCUT2D eigenvalue weighted by atomic mass is 16.2. The van der Waals surface area contributed by atoms with E-state index in [0.29, 0.717) is 42.2 Å². The minimum atomic E-state index is -0.0977. The molecule has 1 fully saturated rings. The van der Waals surface area contributed by atoms with E-state index in [2.05, 4.69) is 29.0 Å². The zero-order valence-electron chi connectivity index (χ0n) is 20.6. The van der Waals surface area contributed by atoms with Gasteiger partial charge >= 0.3 is 0 Å². The Bertz CT molecular complexity index is 1100. The number of pyridine rings is 2. The van der Waals surface area contributed by atoms with Gasteiger partial charge in [-0.05, 0) is 65.8 Å². The Labute approximate surface area is 201 Å². The van der Waals surface area contributed by atoms with Crippen molar-refractivity contribution >= 4 is 29.7 Å². The summed E-state index contributed by atoms with van der Waals surface area (Å²) < 4.78 is 0. The number of aromatic nitrogens is 2. The highest BCUT2D eigenvalue weighted by Crippen LogP contribution is 2.35. The fourth-order valence-electron chi connectivity index (χ4n) is 4.94. The third-order valence-corrected chi connectivity index (χ3v) is 6.76. The van der Waals surface area contributed by atoms with Gasteiger partial charge in [-0.25, -0.2) is 9.97 Å². The van der Waals surface area contributed by atoms with E-state index in [1.54, 1.807) is 23.1 Å². The van der Waals surface area contributed by atoms with E-state index in [1.807, 2.05) is 27.0 Å². The first-order valence-corrected chi connectivity index (χ1v) is 11.9. The van der Waals surface area contributed by atoms with Crippen molar-refractivity contribution in [3.8, 4) is 0 Å². The van der Waals surface area contributed by atoms with Crippen LogP contribution in [0.3, 0.4) is 0 Å². The monoisotopic (exact) mass is 462 g/mol. The van der Waals surface area contributed by atoms with Crippen molar-refractivity contribution in [3.63, 3.8) is 0 Å². The number of hydrogen-bond donors (Lipinski definition) is 3. The number of amides is 1. The second-order valence-corrected chi connectivity index (χ2v) is 9.42. The van der Waals surface area contributed by atoms with Crippen LogP contribution in [0, 0.1) is 10.8 Å². The van der Waals surface area contributed by atoms with Crippen molar-refractivity contribution in [1.82, 2.24) is 20.2 Å². The van der Waals surface area contributed by atoms with Crippen LogP contribution < -0.4 is 15.1 Å². The molecule has 2 aliphatic rings. The van der Waals surface area contributed by atoms with Gasteiger partial charge in [0.05, 0.1) is 24.1 Å². The summed E-state index contributed by atoms with van der Waals surface area (Å²) in [5, 5.41) is 19.3. The molecule has 0 radical (unpaired) electrons. The number of amidine groups is 1. The van der Waals surface area contributed by atoms with Gasteiger partial charge in [0.25, 0.3) is 5.91 Å². The largest absolute Gasteiger partial charge is 0.351 e. The molecule has 0 aliphatic carbocycles. The third-order valence-electron chi connectivity index (χ3n) is 6.76. The van der Waals surface area contributed by atoms with Crippen LogP contribution in [0.2, 0.25) is 0 Å². The van der Waals surface area contributed by atoms with E-state index in [9.17, 15) is 4.79 Å². The fourth-order valence-corrected chi connectivity index (χ4v) is 4.94. The Hall–Kier alpha value is -3.33. The number of carbonyl (C=O) groups excluding carboxylic acids is 1. The second kappa shape index (κ2) is 9.50. The SMILES string of the molecule is CNCc1nc(N2[C@H](C)CC[C@H]2C)cc2c1CN(c1cccc(C(=N)N(C=N)C(C)C)n1)C2=O. The van der Waals surface area contributed by atoms with Crippen molar-refractivity contribution in [2.75, 3.05) is 16.8 Å². The van der Waals surface area contributed by atoms with E-state index >= 15 is 0 Å². The Morgan fingerprint density at radius 3 is 2.56 bits per heavy atom. The van der Waals surface area contributed by atoms with Crippen molar-refractivity contribution in [2.45, 2.75) is 71.8 Å². The van der Waals surface area contributed by atoms with Crippen LogP contribution in [0.25, 0.3) is 0 Å². The highest BCUT2D eigenvalue weighted by molar-refractivity contribution is 6.10. The van der Waals surface area contributed by atoms with Crippen molar-refractivity contribution in [3.05, 3.63) is 46.8 Å². The lowest BCUT2D eigenvalue weighted by Crippen LogP contribution is -2.36. The molecule has 0 spiro atoms. The van der Waals surface area contributed by atoms with Crippen LogP contribution in [-0.4, -0.2) is 58.1 Å². The molecule has 2 aliphatic heterocycles. The van der Waals surface area contributed by atoms with Gasteiger partial charge in [-0.3, -0.25) is 20.5 Å². The summed E-state index contributed by atoms with van der Waals surface area (Å²) in [6.45, 7) is 9.23. The number of hydrogen-bond acceptors (Lipinski definition) is 7. The molecule has 0 unspecified atom stereocenters.